The number of rotatable bonds is 7. The zero-order valence-electron chi connectivity index (χ0n) is 10.8. The van der Waals surface area contributed by atoms with E-state index in [1.54, 1.807) is 6.92 Å². The Morgan fingerprint density at radius 2 is 2.15 bits per heavy atom. The van der Waals surface area contributed by atoms with Crippen LogP contribution in [0.4, 0.5) is 4.39 Å². The van der Waals surface area contributed by atoms with Crippen LogP contribution in [-0.4, -0.2) is 25.5 Å². The molecule has 20 heavy (non-hydrogen) atoms. The van der Waals surface area contributed by atoms with Gasteiger partial charge in [0, 0.05) is 12.5 Å². The van der Waals surface area contributed by atoms with Gasteiger partial charge in [0.05, 0.1) is 5.02 Å². The molecule has 0 aliphatic heterocycles. The van der Waals surface area contributed by atoms with Gasteiger partial charge in [-0.1, -0.05) is 11.6 Å². The first-order chi connectivity index (χ1) is 9.22. The van der Waals surface area contributed by atoms with E-state index in [0.717, 1.165) is 18.2 Å². The number of hydrogen-bond donors (Lipinski definition) is 2. The molecule has 5 nitrogen and oxygen atoms in total. The number of carboxylic acid groups (broad SMARTS) is 1. The Labute approximate surface area is 121 Å². The fourth-order valence-electron chi connectivity index (χ4n) is 1.64. The van der Waals surface area contributed by atoms with Crippen LogP contribution in [0.2, 0.25) is 5.02 Å². The van der Waals surface area contributed by atoms with Gasteiger partial charge in [-0.3, -0.25) is 4.79 Å². The van der Waals surface area contributed by atoms with E-state index < -0.39 is 27.9 Å². The highest BCUT2D eigenvalue weighted by molar-refractivity contribution is 7.89. The summed E-state index contributed by atoms with van der Waals surface area (Å²) in [5.41, 5.74) is 0. The van der Waals surface area contributed by atoms with Gasteiger partial charge in [0.1, 0.15) is 10.7 Å². The van der Waals surface area contributed by atoms with E-state index in [0.29, 0.717) is 12.8 Å². The first kappa shape index (κ1) is 16.9. The normalized spacial score (nSPS) is 13.2. The fraction of sp³-hybridized carbons (Fsp3) is 0.417. The second-order valence-electron chi connectivity index (χ2n) is 4.38. The van der Waals surface area contributed by atoms with Gasteiger partial charge >= 0.3 is 5.97 Å². The molecule has 0 fully saturated rings. The second kappa shape index (κ2) is 7.01. The maximum Gasteiger partial charge on any atom is 0.303 e. The van der Waals surface area contributed by atoms with Crippen LogP contribution in [-0.2, 0) is 14.8 Å². The Kier molecular flexibility index (Phi) is 5.91. The van der Waals surface area contributed by atoms with Crippen LogP contribution < -0.4 is 4.72 Å². The van der Waals surface area contributed by atoms with Crippen molar-refractivity contribution >= 4 is 27.6 Å². The molecule has 1 atom stereocenters. The van der Waals surface area contributed by atoms with Crippen LogP contribution in [0.3, 0.4) is 0 Å². The lowest BCUT2D eigenvalue weighted by Gasteiger charge is -2.14. The van der Waals surface area contributed by atoms with Crippen molar-refractivity contribution in [3.8, 4) is 0 Å². The molecular formula is C12H15ClFNO4S. The summed E-state index contributed by atoms with van der Waals surface area (Å²) in [7, 11) is -3.85. The average molecular weight is 324 g/mol. The Morgan fingerprint density at radius 3 is 2.70 bits per heavy atom. The zero-order chi connectivity index (χ0) is 15.3. The second-order valence-corrected chi connectivity index (χ2v) is 6.47. The number of hydrogen-bond acceptors (Lipinski definition) is 3. The van der Waals surface area contributed by atoms with Crippen molar-refractivity contribution in [3.05, 3.63) is 29.0 Å². The van der Waals surface area contributed by atoms with Crippen LogP contribution in [0.5, 0.6) is 0 Å². The largest absolute Gasteiger partial charge is 0.481 e. The molecule has 1 aromatic carbocycles. The van der Waals surface area contributed by atoms with Crippen LogP contribution in [0, 0.1) is 5.82 Å². The summed E-state index contributed by atoms with van der Waals surface area (Å²) < 4.78 is 39.3. The predicted molar refractivity (Wildman–Crippen MR) is 72.7 cm³/mol. The third-order valence-corrected chi connectivity index (χ3v) is 4.64. The van der Waals surface area contributed by atoms with Crippen molar-refractivity contribution in [2.45, 2.75) is 37.1 Å². The Morgan fingerprint density at radius 1 is 1.50 bits per heavy atom. The monoisotopic (exact) mass is 323 g/mol. The van der Waals surface area contributed by atoms with Gasteiger partial charge in [-0.2, -0.15) is 0 Å². The number of carbonyl (C=O) groups is 1. The average Bonchev–Trinajstić information content (AvgIpc) is 2.26. The zero-order valence-corrected chi connectivity index (χ0v) is 12.3. The SMILES string of the molecule is CC(CCCC(=O)O)NS(=O)(=O)c1ccc(F)cc1Cl. The smallest absolute Gasteiger partial charge is 0.303 e. The molecule has 1 rings (SSSR count). The van der Waals surface area contributed by atoms with Gasteiger partial charge in [-0.05, 0) is 38.0 Å². The standard InChI is InChI=1S/C12H15ClFNO4S/c1-8(3-2-4-12(16)17)15-20(18,19)11-6-5-9(14)7-10(11)13/h5-8,15H,2-4H2,1H3,(H,16,17). The van der Waals surface area contributed by atoms with Crippen LogP contribution >= 0.6 is 11.6 Å². The van der Waals surface area contributed by atoms with Crippen molar-refractivity contribution in [2.24, 2.45) is 0 Å². The lowest BCUT2D eigenvalue weighted by atomic mass is 10.1. The highest BCUT2D eigenvalue weighted by Crippen LogP contribution is 2.22. The summed E-state index contributed by atoms with van der Waals surface area (Å²) >= 11 is 5.71. The topological polar surface area (TPSA) is 83.5 Å². The number of benzene rings is 1. The molecule has 0 aromatic heterocycles. The number of halogens is 2. The molecule has 0 spiro atoms. The lowest BCUT2D eigenvalue weighted by molar-refractivity contribution is -0.137. The molecule has 0 saturated heterocycles. The van der Waals surface area contributed by atoms with Gasteiger partial charge in [-0.15, -0.1) is 0 Å². The molecule has 0 amide bonds. The maximum absolute atomic E-state index is 12.9. The molecule has 0 radical (unpaired) electrons. The van der Waals surface area contributed by atoms with Gasteiger partial charge in [0.25, 0.3) is 0 Å². The van der Waals surface area contributed by atoms with E-state index in [1.807, 2.05) is 0 Å². The van der Waals surface area contributed by atoms with Gasteiger partial charge in [0.2, 0.25) is 10.0 Å². The highest BCUT2D eigenvalue weighted by Gasteiger charge is 2.20. The molecule has 0 bridgehead atoms. The van der Waals surface area contributed by atoms with Gasteiger partial charge < -0.3 is 5.11 Å². The first-order valence-electron chi connectivity index (χ1n) is 5.91. The summed E-state index contributed by atoms with van der Waals surface area (Å²) in [5.74, 6) is -1.55. The maximum atomic E-state index is 12.9. The van der Waals surface area contributed by atoms with E-state index in [9.17, 15) is 17.6 Å². The van der Waals surface area contributed by atoms with E-state index in [2.05, 4.69) is 4.72 Å². The summed E-state index contributed by atoms with van der Waals surface area (Å²) in [4.78, 5) is 10.2. The third-order valence-electron chi connectivity index (χ3n) is 2.57. The summed E-state index contributed by atoms with van der Waals surface area (Å²) in [5, 5.41) is 8.31. The van der Waals surface area contributed by atoms with Crippen molar-refractivity contribution < 1.29 is 22.7 Å². The molecule has 8 heteroatoms. The highest BCUT2D eigenvalue weighted by atomic mass is 35.5. The predicted octanol–water partition coefficient (Wildman–Crippen LogP) is 2.40. The van der Waals surface area contributed by atoms with E-state index >= 15 is 0 Å². The molecule has 112 valence electrons. The van der Waals surface area contributed by atoms with Crippen molar-refractivity contribution in [1.82, 2.24) is 4.72 Å². The molecule has 0 heterocycles. The minimum Gasteiger partial charge on any atom is -0.481 e. The van der Waals surface area contributed by atoms with E-state index in [1.165, 1.54) is 0 Å². The Hall–Kier alpha value is -1.18. The minimum atomic E-state index is -3.85. The van der Waals surface area contributed by atoms with Gasteiger partial charge in [0.15, 0.2) is 0 Å². The number of aliphatic carboxylic acids is 1. The Balaban J connectivity index is 2.72. The summed E-state index contributed by atoms with van der Waals surface area (Å²) in [6.45, 7) is 1.62. The molecule has 0 saturated carbocycles. The fourth-order valence-corrected chi connectivity index (χ4v) is 3.45. The van der Waals surface area contributed by atoms with Crippen LogP contribution in [0.15, 0.2) is 23.1 Å². The summed E-state index contributed by atoms with van der Waals surface area (Å²) in [6.07, 6.45) is 0.712. The number of nitrogens with one attached hydrogen (secondary N) is 1. The molecule has 0 aliphatic rings. The number of carboxylic acids is 1. The quantitative estimate of drug-likeness (QED) is 0.807. The lowest BCUT2D eigenvalue weighted by Crippen LogP contribution is -2.32. The van der Waals surface area contributed by atoms with Crippen molar-refractivity contribution in [2.75, 3.05) is 0 Å². The molecule has 2 N–H and O–H groups in total. The number of sulfonamides is 1. The van der Waals surface area contributed by atoms with Crippen LogP contribution in [0.1, 0.15) is 26.2 Å². The summed E-state index contributed by atoms with van der Waals surface area (Å²) in [6, 6.07) is 2.57. The van der Waals surface area contributed by atoms with E-state index in [-0.39, 0.29) is 16.3 Å². The van der Waals surface area contributed by atoms with Crippen molar-refractivity contribution in [3.63, 3.8) is 0 Å². The minimum absolute atomic E-state index is 0.0244. The molecule has 0 aliphatic carbocycles. The van der Waals surface area contributed by atoms with Crippen molar-refractivity contribution in [1.29, 1.82) is 0 Å². The molecule has 1 unspecified atom stereocenters. The Bertz CT molecular complexity index is 591. The van der Waals surface area contributed by atoms with E-state index in [4.69, 9.17) is 16.7 Å². The van der Waals surface area contributed by atoms with Crippen LogP contribution in [0.25, 0.3) is 0 Å². The molecular weight excluding hydrogens is 309 g/mol. The first-order valence-corrected chi connectivity index (χ1v) is 7.77. The molecule has 1 aromatic rings. The van der Waals surface area contributed by atoms with Gasteiger partial charge in [-0.25, -0.2) is 17.5 Å². The third kappa shape index (κ3) is 5.07.